The number of thiophene rings is 1. The molecule has 2 heterocycles. The van der Waals surface area contributed by atoms with E-state index in [0.29, 0.717) is 4.64 Å². The Morgan fingerprint density at radius 1 is 1.47 bits per heavy atom. The fourth-order valence-corrected chi connectivity index (χ4v) is 2.75. The summed E-state index contributed by atoms with van der Waals surface area (Å²) in [5.74, 6) is 0. The Bertz CT molecular complexity index is 525. The van der Waals surface area contributed by atoms with E-state index in [1.807, 2.05) is 0 Å². The molecule has 0 spiro atoms. The standard InChI is InChI=1S/C11H12N2S2/c1-3-8-10(12-6-13-11(8)14)9-5-4-7(2)15-9/h4-6H,3H2,1-2H3,(H,12,13,14). The van der Waals surface area contributed by atoms with Gasteiger partial charge < -0.3 is 4.98 Å². The van der Waals surface area contributed by atoms with Gasteiger partial charge in [-0.1, -0.05) is 19.1 Å². The van der Waals surface area contributed by atoms with Crippen LogP contribution in [0, 0.1) is 11.6 Å². The van der Waals surface area contributed by atoms with Gasteiger partial charge in [-0.2, -0.15) is 0 Å². The van der Waals surface area contributed by atoms with Gasteiger partial charge in [0.2, 0.25) is 0 Å². The lowest BCUT2D eigenvalue weighted by molar-refractivity contribution is 1.04. The van der Waals surface area contributed by atoms with Crippen molar-refractivity contribution in [2.45, 2.75) is 20.3 Å². The zero-order chi connectivity index (χ0) is 10.8. The second-order valence-electron chi connectivity index (χ2n) is 3.33. The molecule has 0 fully saturated rings. The van der Waals surface area contributed by atoms with Crippen molar-refractivity contribution in [1.82, 2.24) is 9.97 Å². The molecule has 0 aliphatic carbocycles. The van der Waals surface area contributed by atoms with E-state index in [2.05, 4.69) is 35.9 Å². The van der Waals surface area contributed by atoms with E-state index in [0.717, 1.165) is 17.7 Å². The minimum atomic E-state index is 0.706. The summed E-state index contributed by atoms with van der Waals surface area (Å²) in [6.07, 6.45) is 2.58. The highest BCUT2D eigenvalue weighted by Gasteiger charge is 2.07. The summed E-state index contributed by atoms with van der Waals surface area (Å²) in [5.41, 5.74) is 2.25. The number of hydrogen-bond acceptors (Lipinski definition) is 3. The monoisotopic (exact) mass is 236 g/mol. The Hall–Kier alpha value is -1.00. The molecule has 15 heavy (non-hydrogen) atoms. The van der Waals surface area contributed by atoms with E-state index in [1.54, 1.807) is 17.7 Å². The van der Waals surface area contributed by atoms with Crippen molar-refractivity contribution in [3.63, 3.8) is 0 Å². The first kappa shape index (κ1) is 10.5. The smallest absolute Gasteiger partial charge is 0.133 e. The molecule has 2 aromatic rings. The Balaban J connectivity index is 2.62. The largest absolute Gasteiger partial charge is 0.345 e. The molecule has 0 saturated carbocycles. The molecule has 0 aliphatic heterocycles. The van der Waals surface area contributed by atoms with Gasteiger partial charge in [0.05, 0.1) is 16.9 Å². The van der Waals surface area contributed by atoms with Gasteiger partial charge >= 0.3 is 0 Å². The third-order valence-electron chi connectivity index (χ3n) is 2.29. The molecule has 78 valence electrons. The summed E-state index contributed by atoms with van der Waals surface area (Å²) >= 11 is 6.99. The summed E-state index contributed by atoms with van der Waals surface area (Å²) in [7, 11) is 0. The van der Waals surface area contributed by atoms with Gasteiger partial charge in [0, 0.05) is 10.4 Å². The van der Waals surface area contributed by atoms with Gasteiger partial charge in [-0.25, -0.2) is 4.98 Å². The predicted molar refractivity (Wildman–Crippen MR) is 66.8 cm³/mol. The summed E-state index contributed by atoms with van der Waals surface area (Å²) < 4.78 is 0.706. The molecule has 0 atom stereocenters. The van der Waals surface area contributed by atoms with Crippen molar-refractivity contribution in [3.8, 4) is 10.6 Å². The van der Waals surface area contributed by atoms with Gasteiger partial charge in [-0.15, -0.1) is 11.3 Å². The molecule has 0 unspecified atom stereocenters. The summed E-state index contributed by atoms with van der Waals surface area (Å²) in [4.78, 5) is 9.84. The molecule has 2 aromatic heterocycles. The van der Waals surface area contributed by atoms with E-state index >= 15 is 0 Å². The van der Waals surface area contributed by atoms with Crippen LogP contribution in [0.3, 0.4) is 0 Å². The number of nitrogens with zero attached hydrogens (tertiary/aromatic N) is 1. The fraction of sp³-hybridized carbons (Fsp3) is 0.273. The maximum Gasteiger partial charge on any atom is 0.133 e. The third kappa shape index (κ3) is 2.01. The van der Waals surface area contributed by atoms with Crippen LogP contribution in [-0.4, -0.2) is 9.97 Å². The van der Waals surface area contributed by atoms with Crippen LogP contribution in [-0.2, 0) is 6.42 Å². The third-order valence-corrected chi connectivity index (χ3v) is 3.66. The predicted octanol–water partition coefficient (Wildman–Crippen LogP) is 3.74. The van der Waals surface area contributed by atoms with Gasteiger partial charge in [-0.05, 0) is 25.5 Å². The van der Waals surface area contributed by atoms with Crippen LogP contribution in [0.2, 0.25) is 0 Å². The van der Waals surface area contributed by atoms with Crippen molar-refractivity contribution in [2.24, 2.45) is 0 Å². The van der Waals surface area contributed by atoms with Crippen LogP contribution < -0.4 is 0 Å². The minimum absolute atomic E-state index is 0.706. The Morgan fingerprint density at radius 3 is 2.87 bits per heavy atom. The van der Waals surface area contributed by atoms with E-state index in [1.165, 1.54) is 9.75 Å². The van der Waals surface area contributed by atoms with Gasteiger partial charge in [0.1, 0.15) is 4.64 Å². The normalized spacial score (nSPS) is 10.5. The second-order valence-corrected chi connectivity index (χ2v) is 5.00. The van der Waals surface area contributed by atoms with E-state index in [-0.39, 0.29) is 0 Å². The quantitative estimate of drug-likeness (QED) is 0.805. The molecule has 0 aromatic carbocycles. The number of aromatic amines is 1. The first-order valence-corrected chi connectivity index (χ1v) is 6.08. The Labute approximate surface area is 98.0 Å². The molecule has 4 heteroatoms. The van der Waals surface area contributed by atoms with Crippen LogP contribution in [0.5, 0.6) is 0 Å². The van der Waals surface area contributed by atoms with Crippen LogP contribution in [0.15, 0.2) is 18.5 Å². The number of H-pyrrole nitrogens is 1. The highest BCUT2D eigenvalue weighted by atomic mass is 32.1. The molecule has 1 N–H and O–H groups in total. The molecule has 0 bridgehead atoms. The number of aryl methyl sites for hydroxylation is 1. The molecule has 0 amide bonds. The lowest BCUT2D eigenvalue weighted by Gasteiger charge is -2.04. The zero-order valence-electron chi connectivity index (χ0n) is 8.70. The molecule has 0 saturated heterocycles. The van der Waals surface area contributed by atoms with Crippen molar-refractivity contribution < 1.29 is 0 Å². The summed E-state index contributed by atoms with van der Waals surface area (Å²) in [5, 5.41) is 0. The SMILES string of the molecule is CCc1c(-c2ccc(C)s2)[nH]cnc1=S. The van der Waals surface area contributed by atoms with Gasteiger partial charge in [-0.3, -0.25) is 0 Å². The van der Waals surface area contributed by atoms with Gasteiger partial charge in [0.25, 0.3) is 0 Å². The summed E-state index contributed by atoms with van der Waals surface area (Å²) in [6.45, 7) is 4.21. The lowest BCUT2D eigenvalue weighted by atomic mass is 10.1. The van der Waals surface area contributed by atoms with Gasteiger partial charge in [0.15, 0.2) is 0 Å². The van der Waals surface area contributed by atoms with Crippen molar-refractivity contribution >= 4 is 23.6 Å². The first-order valence-electron chi connectivity index (χ1n) is 4.85. The highest BCUT2D eigenvalue weighted by Crippen LogP contribution is 2.28. The molecule has 0 aliphatic rings. The van der Waals surface area contributed by atoms with Crippen molar-refractivity contribution in [1.29, 1.82) is 0 Å². The van der Waals surface area contributed by atoms with E-state index < -0.39 is 0 Å². The van der Waals surface area contributed by atoms with Crippen LogP contribution in [0.4, 0.5) is 0 Å². The molecule has 0 radical (unpaired) electrons. The average Bonchev–Trinajstić information content (AvgIpc) is 2.64. The maximum atomic E-state index is 5.22. The van der Waals surface area contributed by atoms with Crippen molar-refractivity contribution in [2.75, 3.05) is 0 Å². The van der Waals surface area contributed by atoms with Crippen LogP contribution in [0.1, 0.15) is 17.4 Å². The maximum absolute atomic E-state index is 5.22. The molecular formula is C11H12N2S2. The number of nitrogens with one attached hydrogen (secondary N) is 1. The average molecular weight is 236 g/mol. The van der Waals surface area contributed by atoms with Crippen LogP contribution >= 0.6 is 23.6 Å². The fourth-order valence-electron chi connectivity index (χ4n) is 1.54. The van der Waals surface area contributed by atoms with Crippen LogP contribution in [0.25, 0.3) is 10.6 Å². The van der Waals surface area contributed by atoms with E-state index in [9.17, 15) is 0 Å². The Morgan fingerprint density at radius 2 is 2.27 bits per heavy atom. The number of hydrogen-bond donors (Lipinski definition) is 1. The van der Waals surface area contributed by atoms with Crippen molar-refractivity contribution in [3.05, 3.63) is 33.5 Å². The Kier molecular flexibility index (Phi) is 2.98. The molecule has 2 nitrogen and oxygen atoms in total. The van der Waals surface area contributed by atoms with E-state index in [4.69, 9.17) is 12.2 Å². The summed E-state index contributed by atoms with van der Waals surface area (Å²) in [6, 6.07) is 4.25. The molecular weight excluding hydrogens is 224 g/mol. The number of aromatic nitrogens is 2. The first-order chi connectivity index (χ1) is 7.22. The minimum Gasteiger partial charge on any atom is -0.345 e. The molecule has 2 rings (SSSR count). The second kappa shape index (κ2) is 4.24. The number of rotatable bonds is 2. The highest BCUT2D eigenvalue weighted by molar-refractivity contribution is 7.71. The topological polar surface area (TPSA) is 28.7 Å². The lowest BCUT2D eigenvalue weighted by Crippen LogP contribution is -1.93. The zero-order valence-corrected chi connectivity index (χ0v) is 10.3.